The fourth-order valence-corrected chi connectivity index (χ4v) is 8.24. The van der Waals surface area contributed by atoms with Gasteiger partial charge in [-0.25, -0.2) is 9.59 Å². The summed E-state index contributed by atoms with van der Waals surface area (Å²) < 4.78 is 40.0. The van der Waals surface area contributed by atoms with Crippen LogP contribution in [0.25, 0.3) is 22.3 Å². The van der Waals surface area contributed by atoms with Crippen LogP contribution in [0.3, 0.4) is 0 Å². The van der Waals surface area contributed by atoms with E-state index in [2.05, 4.69) is 46.5 Å². The third kappa shape index (κ3) is 21.0. The molecule has 0 radical (unpaired) electrons. The molecule has 0 unspecified atom stereocenters. The highest BCUT2D eigenvalue weighted by Crippen LogP contribution is 2.29. The van der Waals surface area contributed by atoms with Gasteiger partial charge in [-0.3, -0.25) is 14.1 Å². The molecule has 2 heterocycles. The van der Waals surface area contributed by atoms with Crippen LogP contribution in [0.5, 0.6) is 12.0 Å². The lowest BCUT2D eigenvalue weighted by atomic mass is 9.95. The SMILES string of the molecule is C/C(=C(/C)c1ccc(C(=O)N[C@@H](C)c2ccccc2)cc1)c1ccc(C(=O)N[C@@H](C)c2ccccc2)cc1.C/C(=C(/C)c1ccc(C(=O)O)cc1)c1ccc(C(=O)O)cc1.COc1nc(OC)nc([N+]2(C)CCOCC2)n1.[2H]CC.[2H]CC.[3H]C.[3H]C.[Cl-]. The number of carboxylic acids is 2. The Kier molecular flexibility index (Phi) is 29.1. The molecule has 1 aliphatic rings. The number of nitrogens with one attached hydrogen (secondary N) is 2. The van der Waals surface area contributed by atoms with Gasteiger partial charge in [0.05, 0.1) is 57.7 Å². The molecule has 8 rings (SSSR count). The molecule has 0 saturated carbocycles. The van der Waals surface area contributed by atoms with E-state index in [0.29, 0.717) is 48.6 Å². The fourth-order valence-electron chi connectivity index (χ4n) is 8.24. The maximum atomic E-state index is 12.7. The van der Waals surface area contributed by atoms with Crippen LogP contribution < -0.4 is 37.0 Å². The monoisotopic (exact) mass is 1170 g/mol. The molecule has 7 aromatic rings. The number of aromatic carboxylic acids is 2. The Morgan fingerprint density at radius 3 is 1.05 bits per heavy atom. The van der Waals surface area contributed by atoms with Crippen LogP contribution in [0.2, 0.25) is 0 Å². The number of hydrogen-bond donors (Lipinski definition) is 4. The lowest BCUT2D eigenvalue weighted by Gasteiger charge is -2.34. The summed E-state index contributed by atoms with van der Waals surface area (Å²) in [6, 6.07) is 49.0. The topological polar surface area (TPSA) is 199 Å². The maximum absolute atomic E-state index is 12.7. The van der Waals surface area contributed by atoms with E-state index in [0.717, 1.165) is 68.8 Å². The Balaban J connectivity index is 0.000000657. The van der Waals surface area contributed by atoms with Gasteiger partial charge in [0.2, 0.25) is 0 Å². The van der Waals surface area contributed by atoms with Crippen molar-refractivity contribution in [3.63, 3.8) is 0 Å². The molecular weight excluding hydrogens is 1080 g/mol. The lowest BCUT2D eigenvalue weighted by Crippen LogP contribution is -3.00. The minimum atomic E-state index is -0.950. The van der Waals surface area contributed by atoms with Crippen molar-refractivity contribution in [3.05, 3.63) is 213 Å². The number of halogens is 1. The highest BCUT2D eigenvalue weighted by molar-refractivity contribution is 5.97. The van der Waals surface area contributed by atoms with E-state index in [9.17, 15) is 19.2 Å². The molecule has 84 heavy (non-hydrogen) atoms. The van der Waals surface area contributed by atoms with Gasteiger partial charge in [0, 0.05) is 16.6 Å². The summed E-state index contributed by atoms with van der Waals surface area (Å²) >= 11 is 0. The molecule has 0 aliphatic carbocycles. The quantitative estimate of drug-likeness (QED) is 0.0560. The number of morpholine rings is 1. The predicted molar refractivity (Wildman–Crippen MR) is 338 cm³/mol. The van der Waals surface area contributed by atoms with Crippen molar-refractivity contribution < 1.29 is 61.5 Å². The fraction of sp³-hybridized carbons (Fsp3) is 0.309. The molecule has 4 N–H and O–H groups in total. The van der Waals surface area contributed by atoms with Gasteiger partial charge >= 0.3 is 29.9 Å². The molecule has 1 aromatic heterocycles. The highest BCUT2D eigenvalue weighted by atomic mass is 35.5. The van der Waals surface area contributed by atoms with Crippen LogP contribution in [-0.4, -0.2) is 96.5 Å². The molecule has 0 bridgehead atoms. The first-order valence-corrected chi connectivity index (χ1v) is 26.5. The number of likely N-dealkylation sites (N-methyl/N-ethyl adjacent to an activating group) is 1. The van der Waals surface area contributed by atoms with Crippen molar-refractivity contribution in [1.82, 2.24) is 30.1 Å². The first-order chi connectivity index (χ1) is 41.7. The minimum absolute atomic E-state index is 0. The number of aromatic nitrogens is 3. The van der Waals surface area contributed by atoms with E-state index in [4.69, 9.17) is 29.9 Å². The lowest BCUT2D eigenvalue weighted by molar-refractivity contribution is -0.0000657. The number of methoxy groups -OCH3 is 2. The molecule has 1 fully saturated rings. The van der Waals surface area contributed by atoms with Gasteiger partial charge in [-0.1, -0.05) is 152 Å². The molecule has 2 amide bonds. The number of benzene rings is 6. The third-order valence-electron chi connectivity index (χ3n) is 13.6. The van der Waals surface area contributed by atoms with Gasteiger partial charge in [-0.2, -0.15) is 0 Å². The number of hydrogen-bond acceptors (Lipinski definition) is 10. The van der Waals surface area contributed by atoms with Crippen molar-refractivity contribution in [2.24, 2.45) is 0 Å². The van der Waals surface area contributed by atoms with Crippen LogP contribution in [0.15, 0.2) is 158 Å². The minimum Gasteiger partial charge on any atom is -1.00 e. The van der Waals surface area contributed by atoms with Gasteiger partial charge in [0.25, 0.3) is 11.8 Å². The number of quaternary nitrogens is 1. The van der Waals surface area contributed by atoms with Crippen molar-refractivity contribution in [3.8, 4) is 12.0 Å². The van der Waals surface area contributed by atoms with Crippen LogP contribution in [0.1, 0.15) is 176 Å². The normalized spacial score (nSPS) is 13.4. The summed E-state index contributed by atoms with van der Waals surface area (Å²) in [4.78, 5) is 59.8. The van der Waals surface area contributed by atoms with E-state index in [1.807, 2.05) is 137 Å². The van der Waals surface area contributed by atoms with Gasteiger partial charge in [-0.05, 0) is 146 Å². The zero-order chi connectivity index (χ0) is 65.1. The number of nitrogens with zero attached hydrogens (tertiary/aromatic N) is 4. The second-order valence-corrected chi connectivity index (χ2v) is 18.7. The van der Waals surface area contributed by atoms with E-state index >= 15 is 0 Å². The second-order valence-electron chi connectivity index (χ2n) is 18.7. The van der Waals surface area contributed by atoms with Crippen LogP contribution in [0, 0.1) is 0 Å². The maximum Gasteiger partial charge on any atom is 0.338 e. The van der Waals surface area contributed by atoms with Gasteiger partial charge in [0.15, 0.2) is 0 Å². The average Bonchev–Trinajstić information content (AvgIpc) is 3.13. The Morgan fingerprint density at radius 1 is 0.524 bits per heavy atom. The van der Waals surface area contributed by atoms with Crippen molar-refractivity contribution >= 4 is 52.0 Å². The number of ether oxygens (including phenoxy) is 3. The van der Waals surface area contributed by atoms with Crippen molar-refractivity contribution in [2.75, 3.05) is 47.6 Å². The molecule has 2 atom stereocenters. The average molecular weight is 1170 g/mol. The Labute approximate surface area is 510 Å². The molecule has 450 valence electrons. The van der Waals surface area contributed by atoms with E-state index in [1.54, 1.807) is 62.4 Å². The van der Waals surface area contributed by atoms with Crippen LogP contribution in [0.4, 0.5) is 5.95 Å². The molecule has 15 nitrogen and oxygen atoms in total. The zero-order valence-corrected chi connectivity index (χ0v) is 51.6. The third-order valence-corrected chi connectivity index (χ3v) is 13.6. The summed E-state index contributed by atoms with van der Waals surface area (Å²) in [7, 11) is 7.62. The summed E-state index contributed by atoms with van der Waals surface area (Å²) in [5.41, 5.74) is 12.1. The number of amides is 2. The van der Waals surface area contributed by atoms with Gasteiger partial charge in [0.1, 0.15) is 13.1 Å². The highest BCUT2D eigenvalue weighted by Gasteiger charge is 2.33. The van der Waals surface area contributed by atoms with E-state index < -0.39 is 11.9 Å². The molecule has 16 heteroatoms. The molecule has 1 aliphatic heterocycles. The first-order valence-electron chi connectivity index (χ1n) is 30.0. The Morgan fingerprint density at radius 2 is 0.786 bits per heavy atom. The largest absolute Gasteiger partial charge is 1.00 e. The summed E-state index contributed by atoms with van der Waals surface area (Å²) in [6.07, 6.45) is 0. The summed E-state index contributed by atoms with van der Waals surface area (Å²) in [5.74, 6) is -1.44. The Hall–Kier alpha value is -8.50. The smallest absolute Gasteiger partial charge is 0.338 e. The van der Waals surface area contributed by atoms with Crippen molar-refractivity contribution in [2.45, 2.75) is 96.1 Å². The molecule has 1 saturated heterocycles. The molecule has 0 spiro atoms. The summed E-state index contributed by atoms with van der Waals surface area (Å²) in [6.45, 7) is 19.7. The number of carbonyl (C=O) groups is 4. The number of rotatable bonds is 15. The van der Waals surface area contributed by atoms with Crippen LogP contribution in [-0.2, 0) is 4.74 Å². The Bertz CT molecular complexity index is 3040. The second kappa shape index (κ2) is 36.9. The van der Waals surface area contributed by atoms with Crippen LogP contribution >= 0.6 is 0 Å². The number of allylic oxidation sites excluding steroid dienone is 4. The van der Waals surface area contributed by atoms with Gasteiger partial charge < -0.3 is 47.5 Å². The van der Waals surface area contributed by atoms with E-state index in [1.165, 1.54) is 29.0 Å². The van der Waals surface area contributed by atoms with Gasteiger partial charge in [-0.15, -0.1) is 15.0 Å². The summed E-state index contributed by atoms with van der Waals surface area (Å²) in [5, 5.41) is 23.9. The zero-order valence-electron chi connectivity index (χ0n) is 54.8. The molecular formula is C68H87ClN6O9. The molecule has 6 aromatic carbocycles. The number of carboxylic acid groups (broad SMARTS) is 2. The standard InChI is InChI=1S/C34H34N2O2.C18H16O4.C10H17N4O3.2C2H6.2CH4.ClH/c1-23(27-15-19-31(20-16-27)33(37)35-25(3)29-11-7-5-8-12-29)24(2)28-17-21-32(22-18-28)34(38)36-26(4)30-13-9-6-10-14-30;1-11(13-3-7-15(8-4-13)17(19)20)12(2)14-5-9-16(10-6-14)18(21)22;1-14(4-6-17-7-5-14)8-11-9(15-2)13-10(12-8)16-3;2*1-2;;;/h5-22,25-26H,1-4H3,(H,35,37)(H,36,38);3-10H,1-2H3,(H,19,20)(H,21,22);4-7H2,1-3H3;2*1-2H3;2*1H4;1H/q;;+1;;;;;/p-1/b24-23+;12-11+;;;;;;/t25-,26-;;;;;;;/m0......./s1/i;;;2*1D;2*1T;. The predicted octanol–water partition coefficient (Wildman–Crippen LogP) is 11.8. The van der Waals surface area contributed by atoms with Crippen molar-refractivity contribution in [1.29, 1.82) is 0 Å². The first kappa shape index (κ1) is 66.3. The number of carbonyl (C=O) groups excluding carboxylic acids is 2. The van der Waals surface area contributed by atoms with E-state index in [-0.39, 0.29) is 59.5 Å².